The molecular formula is C26H35N3O7. The van der Waals surface area contributed by atoms with Crippen molar-refractivity contribution in [3.8, 4) is 11.8 Å². The average molecular weight is 502 g/mol. The summed E-state index contributed by atoms with van der Waals surface area (Å²) in [6.07, 6.45) is 0.572. The number of nitrogens with zero attached hydrogens (tertiary/aromatic N) is 1. The van der Waals surface area contributed by atoms with Crippen LogP contribution >= 0.6 is 0 Å². The van der Waals surface area contributed by atoms with Gasteiger partial charge in [0.25, 0.3) is 5.91 Å². The number of ether oxygens (including phenoxy) is 4. The van der Waals surface area contributed by atoms with Crippen molar-refractivity contribution in [1.29, 1.82) is 0 Å². The van der Waals surface area contributed by atoms with Gasteiger partial charge in [-0.2, -0.15) is 0 Å². The first kappa shape index (κ1) is 27.8. The predicted molar refractivity (Wildman–Crippen MR) is 131 cm³/mol. The number of amides is 3. The van der Waals surface area contributed by atoms with Crippen LogP contribution in [0.1, 0.15) is 41.3 Å². The van der Waals surface area contributed by atoms with Gasteiger partial charge in [-0.1, -0.05) is 17.9 Å². The fraction of sp³-hybridized carbons (Fsp3) is 0.577. The Kier molecular flexibility index (Phi) is 11.8. The second-order valence-corrected chi connectivity index (χ2v) is 8.24. The van der Waals surface area contributed by atoms with Gasteiger partial charge >= 0.3 is 0 Å². The predicted octanol–water partition coefficient (Wildman–Crippen LogP) is 0.475. The van der Waals surface area contributed by atoms with E-state index in [9.17, 15) is 14.4 Å². The Hall–Kier alpha value is -2.81. The Morgan fingerprint density at radius 3 is 2.39 bits per heavy atom. The van der Waals surface area contributed by atoms with Crippen LogP contribution in [0.25, 0.3) is 0 Å². The number of imide groups is 1. The molecule has 0 aliphatic carbocycles. The minimum atomic E-state index is -0.630. The van der Waals surface area contributed by atoms with E-state index in [-0.39, 0.29) is 18.2 Å². The van der Waals surface area contributed by atoms with E-state index in [4.69, 9.17) is 18.9 Å². The number of hydrogen-bond acceptors (Lipinski definition) is 8. The Bertz CT molecular complexity index is 957. The van der Waals surface area contributed by atoms with E-state index in [1.807, 2.05) is 13.0 Å². The van der Waals surface area contributed by atoms with Gasteiger partial charge in [0.15, 0.2) is 0 Å². The second kappa shape index (κ2) is 15.3. The molecule has 2 aliphatic heterocycles. The molecule has 1 saturated heterocycles. The van der Waals surface area contributed by atoms with Crippen molar-refractivity contribution in [3.63, 3.8) is 0 Å². The first-order valence-electron chi connectivity index (χ1n) is 12.4. The minimum absolute atomic E-state index is 0.198. The molecule has 10 heteroatoms. The number of hydrogen-bond donors (Lipinski definition) is 2. The number of carbonyl (C=O) groups is 3. The minimum Gasteiger partial charge on any atom is -0.379 e. The van der Waals surface area contributed by atoms with Crippen LogP contribution in [0, 0.1) is 11.8 Å². The normalized spacial score (nSPS) is 17.1. The van der Waals surface area contributed by atoms with Crippen molar-refractivity contribution in [2.75, 3.05) is 65.9 Å². The number of benzene rings is 1. The number of rotatable bonds is 15. The Balaban J connectivity index is 1.30. The van der Waals surface area contributed by atoms with E-state index in [1.165, 1.54) is 4.90 Å². The molecule has 0 radical (unpaired) electrons. The highest BCUT2D eigenvalue weighted by Gasteiger charge is 2.39. The standard InChI is InChI=1S/C26H35N3O7/c1-2-33-13-14-35-17-18-36-16-15-34-12-11-27-10-4-6-20-5-3-7-21-22(20)19-29(26(21)32)23-8-9-24(30)28-25(23)31/h3,5,7,23,27H,2,8-19H2,1H3,(H,28,30,31). The number of piperidine rings is 1. The molecule has 0 aromatic heterocycles. The Labute approximate surface area is 212 Å². The summed E-state index contributed by atoms with van der Waals surface area (Å²) in [5, 5.41) is 5.52. The number of fused-ring (bicyclic) bond motifs is 1. The first-order chi connectivity index (χ1) is 17.6. The van der Waals surface area contributed by atoms with Gasteiger partial charge in [0.1, 0.15) is 6.04 Å². The summed E-state index contributed by atoms with van der Waals surface area (Å²) in [5.74, 6) is 5.30. The third kappa shape index (κ3) is 8.40. The lowest BCUT2D eigenvalue weighted by Gasteiger charge is -2.29. The van der Waals surface area contributed by atoms with Crippen LogP contribution in [0.5, 0.6) is 0 Å². The molecule has 3 amide bonds. The molecule has 0 spiro atoms. The lowest BCUT2D eigenvalue weighted by molar-refractivity contribution is -0.136. The van der Waals surface area contributed by atoms with E-state index < -0.39 is 11.9 Å². The lowest BCUT2D eigenvalue weighted by atomic mass is 10.0. The molecule has 1 aromatic carbocycles. The van der Waals surface area contributed by atoms with E-state index in [0.29, 0.717) is 84.5 Å². The van der Waals surface area contributed by atoms with E-state index in [2.05, 4.69) is 22.5 Å². The van der Waals surface area contributed by atoms with Crippen LogP contribution in [0.4, 0.5) is 0 Å². The average Bonchev–Trinajstić information content (AvgIpc) is 3.20. The van der Waals surface area contributed by atoms with Crippen molar-refractivity contribution >= 4 is 17.7 Å². The monoisotopic (exact) mass is 501 g/mol. The topological polar surface area (TPSA) is 115 Å². The SMILES string of the molecule is CCOCCOCCOCCOCCNCC#Cc1cccc2c1CN(C1CCC(=O)NC1=O)C2=O. The largest absolute Gasteiger partial charge is 0.379 e. The molecular weight excluding hydrogens is 466 g/mol. The van der Waals surface area contributed by atoms with Gasteiger partial charge in [0.05, 0.1) is 52.8 Å². The highest BCUT2D eigenvalue weighted by atomic mass is 16.6. The zero-order chi connectivity index (χ0) is 25.6. The molecule has 1 unspecified atom stereocenters. The molecule has 2 aliphatic rings. The summed E-state index contributed by atoms with van der Waals surface area (Å²) in [4.78, 5) is 38.1. The third-order valence-electron chi connectivity index (χ3n) is 5.76. The molecule has 36 heavy (non-hydrogen) atoms. The fourth-order valence-electron chi connectivity index (χ4n) is 3.94. The van der Waals surface area contributed by atoms with Gasteiger partial charge in [-0.15, -0.1) is 0 Å². The molecule has 1 aromatic rings. The maximum absolute atomic E-state index is 12.9. The van der Waals surface area contributed by atoms with Gasteiger partial charge in [-0.3, -0.25) is 19.7 Å². The molecule has 0 bridgehead atoms. The summed E-state index contributed by atoms with van der Waals surface area (Å²) in [5.41, 5.74) is 2.16. The van der Waals surface area contributed by atoms with E-state index in [0.717, 1.165) is 11.1 Å². The van der Waals surface area contributed by atoms with Crippen molar-refractivity contribution in [1.82, 2.24) is 15.5 Å². The van der Waals surface area contributed by atoms with Crippen LogP contribution in [0.15, 0.2) is 18.2 Å². The highest BCUT2D eigenvalue weighted by Crippen LogP contribution is 2.29. The summed E-state index contributed by atoms with van der Waals surface area (Å²) < 4.78 is 21.5. The zero-order valence-corrected chi connectivity index (χ0v) is 20.8. The third-order valence-corrected chi connectivity index (χ3v) is 5.76. The van der Waals surface area contributed by atoms with Crippen molar-refractivity contribution < 1.29 is 33.3 Å². The quantitative estimate of drug-likeness (QED) is 0.203. The van der Waals surface area contributed by atoms with Crippen LogP contribution < -0.4 is 10.6 Å². The molecule has 1 fully saturated rings. The van der Waals surface area contributed by atoms with E-state index >= 15 is 0 Å². The molecule has 10 nitrogen and oxygen atoms in total. The maximum Gasteiger partial charge on any atom is 0.255 e. The van der Waals surface area contributed by atoms with Crippen molar-refractivity contribution in [2.24, 2.45) is 0 Å². The Morgan fingerprint density at radius 1 is 1.00 bits per heavy atom. The van der Waals surface area contributed by atoms with E-state index in [1.54, 1.807) is 12.1 Å². The maximum atomic E-state index is 12.9. The zero-order valence-electron chi connectivity index (χ0n) is 20.8. The molecule has 0 saturated carbocycles. The van der Waals surface area contributed by atoms with Gasteiger partial charge in [0.2, 0.25) is 11.8 Å². The summed E-state index contributed by atoms with van der Waals surface area (Å²) in [6, 6.07) is 4.80. The number of nitrogens with one attached hydrogen (secondary N) is 2. The fourth-order valence-corrected chi connectivity index (χ4v) is 3.94. The summed E-state index contributed by atoms with van der Waals surface area (Å²) in [7, 11) is 0. The van der Waals surface area contributed by atoms with Crippen molar-refractivity contribution in [2.45, 2.75) is 32.4 Å². The van der Waals surface area contributed by atoms with Gasteiger partial charge in [0, 0.05) is 37.2 Å². The van der Waals surface area contributed by atoms with Crippen LogP contribution in [-0.4, -0.2) is 94.6 Å². The van der Waals surface area contributed by atoms with Gasteiger partial charge in [-0.25, -0.2) is 0 Å². The van der Waals surface area contributed by atoms with Gasteiger partial charge in [-0.05, 0) is 31.0 Å². The summed E-state index contributed by atoms with van der Waals surface area (Å²) in [6.45, 7) is 7.93. The first-order valence-corrected chi connectivity index (χ1v) is 12.4. The molecule has 2 N–H and O–H groups in total. The molecule has 3 rings (SSSR count). The molecule has 2 heterocycles. The van der Waals surface area contributed by atoms with Gasteiger partial charge < -0.3 is 29.2 Å². The van der Waals surface area contributed by atoms with Crippen LogP contribution in [0.2, 0.25) is 0 Å². The van der Waals surface area contributed by atoms with Crippen LogP contribution in [0.3, 0.4) is 0 Å². The van der Waals surface area contributed by atoms with Crippen LogP contribution in [-0.2, 0) is 35.1 Å². The highest BCUT2D eigenvalue weighted by molar-refractivity contribution is 6.05. The Morgan fingerprint density at radius 2 is 1.69 bits per heavy atom. The summed E-state index contributed by atoms with van der Waals surface area (Å²) >= 11 is 0. The second-order valence-electron chi connectivity index (χ2n) is 8.24. The molecule has 196 valence electrons. The lowest BCUT2D eigenvalue weighted by Crippen LogP contribution is -2.52. The van der Waals surface area contributed by atoms with Crippen molar-refractivity contribution in [3.05, 3.63) is 34.9 Å². The number of carbonyl (C=O) groups excluding carboxylic acids is 3. The molecule has 1 atom stereocenters. The smallest absolute Gasteiger partial charge is 0.255 e.